The summed E-state index contributed by atoms with van der Waals surface area (Å²) in [5, 5.41) is 3.44. The van der Waals surface area contributed by atoms with Crippen molar-refractivity contribution in [3.63, 3.8) is 0 Å². The number of nitrogens with zero attached hydrogens (tertiary/aromatic N) is 1. The summed E-state index contributed by atoms with van der Waals surface area (Å²) in [4.78, 5) is 2.39. The summed E-state index contributed by atoms with van der Waals surface area (Å²) in [7, 11) is 3.49. The van der Waals surface area contributed by atoms with Crippen LogP contribution >= 0.6 is 0 Å². The summed E-state index contributed by atoms with van der Waals surface area (Å²) < 4.78 is 15.7. The smallest absolute Gasteiger partial charge is 0.0615 e. The fourth-order valence-corrected chi connectivity index (χ4v) is 1.90. The van der Waals surface area contributed by atoms with E-state index in [1.54, 1.807) is 14.2 Å². The molecule has 0 heterocycles. The van der Waals surface area contributed by atoms with Gasteiger partial charge in [0.1, 0.15) is 0 Å². The van der Waals surface area contributed by atoms with Gasteiger partial charge in [0.05, 0.1) is 13.2 Å². The van der Waals surface area contributed by atoms with Crippen LogP contribution in [0.4, 0.5) is 0 Å². The van der Waals surface area contributed by atoms with Crippen LogP contribution in [0.5, 0.6) is 0 Å². The molecular weight excluding hydrogens is 244 g/mol. The molecular formula is C14H32N2O3. The van der Waals surface area contributed by atoms with Crippen molar-refractivity contribution >= 4 is 0 Å². The largest absolute Gasteiger partial charge is 0.383 e. The van der Waals surface area contributed by atoms with Gasteiger partial charge in [-0.25, -0.2) is 0 Å². The van der Waals surface area contributed by atoms with Crippen LogP contribution in [0.2, 0.25) is 0 Å². The third-order valence-electron chi connectivity index (χ3n) is 3.04. The van der Waals surface area contributed by atoms with Gasteiger partial charge in [-0.15, -0.1) is 0 Å². The molecule has 0 fully saturated rings. The van der Waals surface area contributed by atoms with Gasteiger partial charge in [0, 0.05) is 53.1 Å². The van der Waals surface area contributed by atoms with Crippen LogP contribution in [0.1, 0.15) is 20.3 Å². The first-order valence-corrected chi connectivity index (χ1v) is 7.26. The Bertz CT molecular complexity index is 182. The summed E-state index contributed by atoms with van der Waals surface area (Å²) in [5.41, 5.74) is 0. The second-order valence-corrected chi connectivity index (χ2v) is 4.63. The van der Waals surface area contributed by atoms with E-state index in [4.69, 9.17) is 14.2 Å². The van der Waals surface area contributed by atoms with E-state index in [0.29, 0.717) is 6.04 Å². The van der Waals surface area contributed by atoms with Gasteiger partial charge in [0.15, 0.2) is 0 Å². The Morgan fingerprint density at radius 1 is 1.05 bits per heavy atom. The lowest BCUT2D eigenvalue weighted by atomic mass is 10.3. The van der Waals surface area contributed by atoms with E-state index in [1.807, 2.05) is 6.92 Å². The predicted molar refractivity (Wildman–Crippen MR) is 78.8 cm³/mol. The number of hydrogen-bond acceptors (Lipinski definition) is 5. The van der Waals surface area contributed by atoms with Crippen molar-refractivity contribution in [2.75, 3.05) is 66.8 Å². The fourth-order valence-electron chi connectivity index (χ4n) is 1.90. The topological polar surface area (TPSA) is 43.0 Å². The van der Waals surface area contributed by atoms with Gasteiger partial charge in [0.2, 0.25) is 0 Å². The van der Waals surface area contributed by atoms with Crippen LogP contribution in [0.25, 0.3) is 0 Å². The average Bonchev–Trinajstić information content (AvgIpc) is 2.41. The third kappa shape index (κ3) is 11.3. The lowest BCUT2D eigenvalue weighted by Crippen LogP contribution is -2.42. The molecule has 19 heavy (non-hydrogen) atoms. The first-order chi connectivity index (χ1) is 9.26. The number of hydrogen-bond donors (Lipinski definition) is 1. The number of rotatable bonds is 14. The standard InChI is InChI=1S/C14H32N2O3/c1-5-19-11-6-7-15-8-9-16(10-12-17-3)14(2)13-18-4/h14-15H,5-13H2,1-4H3. The Morgan fingerprint density at radius 2 is 1.84 bits per heavy atom. The van der Waals surface area contributed by atoms with Crippen LogP contribution in [0.15, 0.2) is 0 Å². The van der Waals surface area contributed by atoms with Crippen molar-refractivity contribution in [3.8, 4) is 0 Å². The molecule has 0 bridgehead atoms. The number of ether oxygens (including phenoxy) is 3. The monoisotopic (exact) mass is 276 g/mol. The highest BCUT2D eigenvalue weighted by atomic mass is 16.5. The summed E-state index contributed by atoms with van der Waals surface area (Å²) in [5.74, 6) is 0. The quantitative estimate of drug-likeness (QED) is 0.479. The molecule has 0 aromatic rings. The van der Waals surface area contributed by atoms with E-state index < -0.39 is 0 Å². The summed E-state index contributed by atoms with van der Waals surface area (Å²) >= 11 is 0. The molecule has 0 spiro atoms. The molecule has 0 aliphatic carbocycles. The van der Waals surface area contributed by atoms with Crippen molar-refractivity contribution in [1.29, 1.82) is 0 Å². The fraction of sp³-hybridized carbons (Fsp3) is 1.00. The minimum atomic E-state index is 0.422. The summed E-state index contributed by atoms with van der Waals surface area (Å²) in [6, 6.07) is 0.422. The predicted octanol–water partition coefficient (Wildman–Crippen LogP) is 0.986. The average molecular weight is 276 g/mol. The SMILES string of the molecule is CCOCCCNCCN(CCOC)C(C)COC. The zero-order valence-corrected chi connectivity index (χ0v) is 13.1. The molecule has 0 saturated carbocycles. The highest BCUT2D eigenvalue weighted by molar-refractivity contribution is 4.67. The molecule has 0 aliphatic heterocycles. The van der Waals surface area contributed by atoms with E-state index in [0.717, 1.165) is 59.0 Å². The Labute approximate surface area is 118 Å². The molecule has 1 atom stereocenters. The van der Waals surface area contributed by atoms with Gasteiger partial charge in [-0.05, 0) is 26.8 Å². The van der Waals surface area contributed by atoms with Crippen LogP contribution in [-0.4, -0.2) is 77.8 Å². The summed E-state index contributed by atoms with van der Waals surface area (Å²) in [6.45, 7) is 11.3. The molecule has 0 aromatic heterocycles. The summed E-state index contributed by atoms with van der Waals surface area (Å²) in [6.07, 6.45) is 1.07. The van der Waals surface area contributed by atoms with Crippen molar-refractivity contribution in [3.05, 3.63) is 0 Å². The molecule has 0 aliphatic rings. The van der Waals surface area contributed by atoms with Gasteiger partial charge >= 0.3 is 0 Å². The lowest BCUT2D eigenvalue weighted by molar-refractivity contribution is 0.0755. The maximum Gasteiger partial charge on any atom is 0.0615 e. The highest BCUT2D eigenvalue weighted by Crippen LogP contribution is 1.98. The second kappa shape index (κ2) is 14.2. The van der Waals surface area contributed by atoms with E-state index in [9.17, 15) is 0 Å². The molecule has 1 N–H and O–H groups in total. The Hall–Kier alpha value is -0.200. The molecule has 0 rings (SSSR count). The Balaban J connectivity index is 3.66. The van der Waals surface area contributed by atoms with Crippen LogP contribution in [-0.2, 0) is 14.2 Å². The second-order valence-electron chi connectivity index (χ2n) is 4.63. The number of nitrogens with one attached hydrogen (secondary N) is 1. The number of methoxy groups -OCH3 is 2. The minimum Gasteiger partial charge on any atom is -0.383 e. The maximum atomic E-state index is 5.30. The van der Waals surface area contributed by atoms with Crippen LogP contribution < -0.4 is 5.32 Å². The van der Waals surface area contributed by atoms with Crippen molar-refractivity contribution in [1.82, 2.24) is 10.2 Å². The van der Waals surface area contributed by atoms with Crippen LogP contribution in [0, 0.1) is 0 Å². The Kier molecular flexibility index (Phi) is 14.1. The molecule has 1 unspecified atom stereocenters. The van der Waals surface area contributed by atoms with E-state index in [-0.39, 0.29) is 0 Å². The molecule has 0 amide bonds. The van der Waals surface area contributed by atoms with Gasteiger partial charge in [0.25, 0.3) is 0 Å². The molecule has 5 nitrogen and oxygen atoms in total. The van der Waals surface area contributed by atoms with Crippen molar-refractivity contribution in [2.45, 2.75) is 26.3 Å². The zero-order valence-electron chi connectivity index (χ0n) is 13.1. The maximum absolute atomic E-state index is 5.30. The van der Waals surface area contributed by atoms with Gasteiger partial charge < -0.3 is 19.5 Å². The lowest BCUT2D eigenvalue weighted by Gasteiger charge is -2.28. The van der Waals surface area contributed by atoms with Crippen molar-refractivity contribution < 1.29 is 14.2 Å². The molecule has 0 radical (unpaired) electrons. The van der Waals surface area contributed by atoms with E-state index >= 15 is 0 Å². The first-order valence-electron chi connectivity index (χ1n) is 7.26. The third-order valence-corrected chi connectivity index (χ3v) is 3.04. The molecule has 0 aromatic carbocycles. The highest BCUT2D eigenvalue weighted by Gasteiger charge is 2.12. The van der Waals surface area contributed by atoms with Gasteiger partial charge in [-0.1, -0.05) is 0 Å². The zero-order chi connectivity index (χ0) is 14.3. The first kappa shape index (κ1) is 18.8. The van der Waals surface area contributed by atoms with E-state index in [2.05, 4.69) is 17.1 Å². The molecule has 0 saturated heterocycles. The van der Waals surface area contributed by atoms with Gasteiger partial charge in [-0.2, -0.15) is 0 Å². The normalized spacial score (nSPS) is 13.1. The van der Waals surface area contributed by atoms with Gasteiger partial charge in [-0.3, -0.25) is 4.90 Å². The Morgan fingerprint density at radius 3 is 2.47 bits per heavy atom. The minimum absolute atomic E-state index is 0.422. The molecule has 5 heteroatoms. The molecule has 116 valence electrons. The van der Waals surface area contributed by atoms with Crippen LogP contribution in [0.3, 0.4) is 0 Å². The van der Waals surface area contributed by atoms with E-state index in [1.165, 1.54) is 0 Å². The van der Waals surface area contributed by atoms with Crippen molar-refractivity contribution in [2.24, 2.45) is 0 Å².